The van der Waals surface area contributed by atoms with E-state index in [0.29, 0.717) is 28.6 Å². The molecule has 0 radical (unpaired) electrons. The minimum Gasteiger partial charge on any atom is -0.471 e. The Morgan fingerprint density at radius 3 is 2.23 bits per heavy atom. The van der Waals surface area contributed by atoms with E-state index in [0.717, 1.165) is 35.7 Å². The summed E-state index contributed by atoms with van der Waals surface area (Å²) in [4.78, 5) is 33.6. The van der Waals surface area contributed by atoms with E-state index < -0.39 is 52.4 Å². The maximum Gasteiger partial charge on any atom is 0.416 e. The molecule has 2 atom stereocenters. The summed E-state index contributed by atoms with van der Waals surface area (Å²) in [5, 5.41) is 2.26. The number of alkyl halides is 6. The maximum atomic E-state index is 14.0. The van der Waals surface area contributed by atoms with Gasteiger partial charge in [-0.1, -0.05) is 55.3 Å². The number of unbranched alkanes of at least 4 members (excludes halogenated alkanes) is 1. The van der Waals surface area contributed by atoms with Gasteiger partial charge in [-0.05, 0) is 72.7 Å². The second kappa shape index (κ2) is 15.5. The highest BCUT2D eigenvalue weighted by molar-refractivity contribution is 6.30. The minimum absolute atomic E-state index is 0.00301. The smallest absolute Gasteiger partial charge is 0.416 e. The number of quaternary nitrogens is 1. The number of halogens is 7. The monoisotopic (exact) mass is 763 g/mol. The van der Waals surface area contributed by atoms with Gasteiger partial charge in [0.15, 0.2) is 5.54 Å². The summed E-state index contributed by atoms with van der Waals surface area (Å²) in [5.74, 6) is -1.21. The zero-order valence-electron chi connectivity index (χ0n) is 29.7. The molecule has 1 aliphatic rings. The number of hydrogen-bond acceptors (Lipinski definition) is 4. The Kier molecular flexibility index (Phi) is 11.7. The van der Waals surface area contributed by atoms with Crippen LogP contribution in [0.3, 0.4) is 0 Å². The number of primary amides is 1. The Hall–Kier alpha value is -4.36. The van der Waals surface area contributed by atoms with Crippen LogP contribution in [0, 0.1) is 0 Å². The van der Waals surface area contributed by atoms with E-state index in [-0.39, 0.29) is 49.5 Å². The quantitative estimate of drug-likeness (QED) is 0.116. The number of nitrogens with two attached hydrogens (primary N) is 1. The van der Waals surface area contributed by atoms with Crippen molar-refractivity contribution >= 4 is 34.2 Å². The highest BCUT2D eigenvalue weighted by atomic mass is 35.5. The van der Waals surface area contributed by atoms with E-state index in [2.05, 4.69) is 6.92 Å². The number of likely N-dealkylation sites (tertiary alicyclic amines) is 1. The first-order valence-electron chi connectivity index (χ1n) is 17.3. The molecule has 1 fully saturated rings. The molecule has 2 N–H and O–H groups in total. The van der Waals surface area contributed by atoms with Gasteiger partial charge in [0.25, 0.3) is 11.8 Å². The number of ether oxygens (including phenoxy) is 1. The van der Waals surface area contributed by atoms with Gasteiger partial charge < -0.3 is 19.9 Å². The van der Waals surface area contributed by atoms with Crippen LogP contribution >= 0.6 is 11.6 Å². The summed E-state index contributed by atoms with van der Waals surface area (Å²) in [6.45, 7) is 2.36. The van der Waals surface area contributed by atoms with Crippen LogP contribution in [0.1, 0.15) is 65.3 Å². The van der Waals surface area contributed by atoms with E-state index in [1.54, 1.807) is 24.3 Å². The molecule has 2 heterocycles. The molecule has 3 aromatic carbocycles. The number of carbonyl (C=O) groups is 2. The van der Waals surface area contributed by atoms with Crippen LogP contribution in [0.4, 0.5) is 26.3 Å². The average molecular weight is 764 g/mol. The number of hydrogen-bond donors (Lipinski definition) is 1. The number of likely N-dealkylation sites (N-methyl/N-ethyl adjacent to an activating group) is 1. The minimum atomic E-state index is -5.13. The molecule has 284 valence electrons. The topological polar surface area (TPSA) is 85.5 Å². The lowest BCUT2D eigenvalue weighted by Gasteiger charge is -2.52. The third-order valence-corrected chi connectivity index (χ3v) is 10.6. The molecular formula is C39H42ClF6N4O3+. The third-order valence-electron chi connectivity index (χ3n) is 10.3. The van der Waals surface area contributed by atoms with Crippen molar-refractivity contribution < 1.29 is 45.2 Å². The van der Waals surface area contributed by atoms with Crippen LogP contribution in [0.15, 0.2) is 72.8 Å². The standard InChI is InChI=1S/C39H41ClF6N4O3/c1-4-5-9-31-22-26-8-6-7-10-33(26)34(48-31)53-18-17-50(2,3)37(36(47)52)15-16-49(32(24-37)19-25-11-13-30(40)14-12-25)35(51)27-20-28(38(41,42)43)23-29(21-27)39(44,45)46/h6-8,10-14,20-23,32H,4-5,9,15-19,24H2,1-3H3,(H-,47,52)/p+1/t32-,37+/m1/s1. The number of piperidine rings is 1. The van der Waals surface area contributed by atoms with Crippen LogP contribution in [0.25, 0.3) is 10.8 Å². The average Bonchev–Trinajstić information content (AvgIpc) is 3.10. The number of pyridine rings is 1. The van der Waals surface area contributed by atoms with Crippen LogP contribution < -0.4 is 10.5 Å². The van der Waals surface area contributed by atoms with Gasteiger partial charge in [0.1, 0.15) is 13.2 Å². The Balaban J connectivity index is 1.46. The van der Waals surface area contributed by atoms with Crippen molar-refractivity contribution in [3.8, 4) is 5.88 Å². The fourth-order valence-electron chi connectivity index (χ4n) is 7.15. The maximum absolute atomic E-state index is 14.0. The van der Waals surface area contributed by atoms with E-state index in [1.807, 2.05) is 44.4 Å². The molecule has 0 unspecified atom stereocenters. The Morgan fingerprint density at radius 1 is 0.981 bits per heavy atom. The molecule has 7 nitrogen and oxygen atoms in total. The summed E-state index contributed by atoms with van der Waals surface area (Å²) in [6.07, 6.45) is -7.42. The van der Waals surface area contributed by atoms with Gasteiger partial charge in [0.2, 0.25) is 5.88 Å². The number of amides is 2. The van der Waals surface area contributed by atoms with Gasteiger partial charge in [-0.15, -0.1) is 0 Å². The van der Waals surface area contributed by atoms with Gasteiger partial charge in [-0.25, -0.2) is 4.98 Å². The molecular weight excluding hydrogens is 722 g/mol. The lowest BCUT2D eigenvalue weighted by Crippen LogP contribution is -2.72. The largest absolute Gasteiger partial charge is 0.471 e. The second-order valence-corrected chi connectivity index (χ2v) is 14.6. The molecule has 2 amide bonds. The summed E-state index contributed by atoms with van der Waals surface area (Å²) in [5.41, 5.74) is 2.52. The second-order valence-electron chi connectivity index (χ2n) is 14.1. The SMILES string of the molecule is CCCCc1cc2ccccc2c(OCC[N+](C)(C)[C@@]2(C(N)=O)CCN(C(=O)c3cc(C(F)(F)F)cc(C(F)(F)F)c3)[C@H](Cc3ccc(Cl)cc3)C2)n1. The number of aromatic nitrogens is 1. The molecule has 1 aliphatic heterocycles. The molecule has 53 heavy (non-hydrogen) atoms. The van der Waals surface area contributed by atoms with Gasteiger partial charge in [0, 0.05) is 47.1 Å². The van der Waals surface area contributed by atoms with Crippen LogP contribution in [0.2, 0.25) is 5.02 Å². The predicted molar refractivity (Wildman–Crippen MR) is 190 cm³/mol. The number of fused-ring (bicyclic) bond motifs is 1. The van der Waals surface area contributed by atoms with Crippen molar-refractivity contribution in [3.63, 3.8) is 0 Å². The Morgan fingerprint density at radius 2 is 1.62 bits per heavy atom. The first kappa shape index (κ1) is 39.8. The Labute approximate surface area is 309 Å². The number of carbonyl (C=O) groups excluding carboxylic acids is 2. The molecule has 0 aliphatic carbocycles. The zero-order chi connectivity index (χ0) is 38.8. The summed E-state index contributed by atoms with van der Waals surface area (Å²) in [6, 6.07) is 16.4. The molecule has 1 saturated heterocycles. The fourth-order valence-corrected chi connectivity index (χ4v) is 7.28. The molecule has 5 rings (SSSR count). The lowest BCUT2D eigenvalue weighted by molar-refractivity contribution is -0.933. The van der Waals surface area contributed by atoms with Crippen molar-refractivity contribution in [2.45, 2.75) is 69.4 Å². The van der Waals surface area contributed by atoms with E-state index in [1.165, 1.54) is 4.90 Å². The van der Waals surface area contributed by atoms with Crippen molar-refractivity contribution in [1.82, 2.24) is 9.88 Å². The molecule has 0 saturated carbocycles. The van der Waals surface area contributed by atoms with Gasteiger partial charge >= 0.3 is 12.4 Å². The molecule has 1 aromatic heterocycles. The Bertz CT molecular complexity index is 1920. The van der Waals surface area contributed by atoms with Crippen LogP contribution in [-0.4, -0.2) is 71.6 Å². The van der Waals surface area contributed by atoms with Gasteiger partial charge in [0.05, 0.1) is 25.2 Å². The van der Waals surface area contributed by atoms with E-state index >= 15 is 0 Å². The molecule has 4 aromatic rings. The highest BCUT2D eigenvalue weighted by Crippen LogP contribution is 2.40. The first-order chi connectivity index (χ1) is 24.8. The van der Waals surface area contributed by atoms with Gasteiger partial charge in [-0.3, -0.25) is 9.59 Å². The normalized spacial score (nSPS) is 18.3. The summed E-state index contributed by atoms with van der Waals surface area (Å²) >= 11 is 6.09. The summed E-state index contributed by atoms with van der Waals surface area (Å²) in [7, 11) is 3.63. The van der Waals surface area contributed by atoms with Crippen molar-refractivity contribution in [1.29, 1.82) is 0 Å². The number of benzene rings is 3. The zero-order valence-corrected chi connectivity index (χ0v) is 30.4. The highest BCUT2D eigenvalue weighted by Gasteiger charge is 2.56. The molecule has 0 spiro atoms. The predicted octanol–water partition coefficient (Wildman–Crippen LogP) is 8.50. The van der Waals surface area contributed by atoms with Crippen molar-refractivity contribution in [2.24, 2.45) is 5.73 Å². The number of aryl methyl sites for hydroxylation is 1. The summed E-state index contributed by atoms with van der Waals surface area (Å²) < 4.78 is 88.8. The third kappa shape index (κ3) is 8.89. The lowest BCUT2D eigenvalue weighted by atomic mass is 9.77. The first-order valence-corrected chi connectivity index (χ1v) is 17.7. The van der Waals surface area contributed by atoms with Crippen molar-refractivity contribution in [3.05, 3.63) is 106 Å². The van der Waals surface area contributed by atoms with Crippen molar-refractivity contribution in [2.75, 3.05) is 33.8 Å². The van der Waals surface area contributed by atoms with E-state index in [4.69, 9.17) is 27.1 Å². The molecule has 0 bridgehead atoms. The van der Waals surface area contributed by atoms with Gasteiger partial charge in [-0.2, -0.15) is 26.3 Å². The van der Waals surface area contributed by atoms with Crippen LogP contribution in [-0.2, 0) is 30.0 Å². The number of rotatable bonds is 12. The fraction of sp³-hybridized carbons (Fsp3) is 0.410. The van der Waals surface area contributed by atoms with Crippen LogP contribution in [0.5, 0.6) is 5.88 Å². The number of nitrogens with zero attached hydrogens (tertiary/aromatic N) is 3. The van der Waals surface area contributed by atoms with E-state index in [9.17, 15) is 35.9 Å². The molecule has 14 heteroatoms.